The Bertz CT molecular complexity index is 244. The van der Waals surface area contributed by atoms with Crippen molar-refractivity contribution in [2.24, 2.45) is 0 Å². The first-order valence-corrected chi connectivity index (χ1v) is 9.43. The highest BCUT2D eigenvalue weighted by atomic mass is 35.5. The molecule has 0 aliphatic carbocycles. The first-order valence-electron chi connectivity index (χ1n) is 9.05. The topological polar surface area (TPSA) is 36.9 Å². The second kappa shape index (κ2) is 13.9. The number of unbranched alkanes of at least 4 members (excludes halogenated alkanes) is 9. The highest BCUT2D eigenvalue weighted by molar-refractivity contribution is 6.24. The lowest BCUT2D eigenvalue weighted by molar-refractivity contribution is -0.565. The summed E-state index contributed by atoms with van der Waals surface area (Å²) in [5.74, 6) is 0. The van der Waals surface area contributed by atoms with Crippen molar-refractivity contribution in [1.29, 1.82) is 0 Å². The van der Waals surface area contributed by atoms with Crippen LogP contribution in [0.3, 0.4) is 0 Å². The zero-order chi connectivity index (χ0) is 16.2. The van der Waals surface area contributed by atoms with Crippen molar-refractivity contribution >= 4 is 11.6 Å². The quantitative estimate of drug-likeness (QED) is 0.289. The molecular weight excluding hydrogens is 317 g/mol. The molecule has 2 nitrogen and oxygen atoms in total. The van der Waals surface area contributed by atoms with E-state index >= 15 is 0 Å². The SMILES string of the molecule is CCCCCCCCCCCCC([NH3+])(OCC)C(C)(C)Cl.[Cl-]. The Hall–Kier alpha value is 0.500. The van der Waals surface area contributed by atoms with Gasteiger partial charge in [-0.3, -0.25) is 0 Å². The zero-order valence-electron chi connectivity index (χ0n) is 15.4. The summed E-state index contributed by atoms with van der Waals surface area (Å²) in [5.41, 5.74) is 3.80. The van der Waals surface area contributed by atoms with E-state index in [0.29, 0.717) is 6.61 Å². The van der Waals surface area contributed by atoms with Gasteiger partial charge < -0.3 is 22.9 Å². The van der Waals surface area contributed by atoms with Gasteiger partial charge in [0, 0.05) is 6.42 Å². The molecule has 0 saturated heterocycles. The van der Waals surface area contributed by atoms with E-state index in [1.807, 2.05) is 20.8 Å². The molecule has 0 bridgehead atoms. The number of hydrogen-bond donors (Lipinski definition) is 1. The second-order valence-corrected chi connectivity index (χ2v) is 7.78. The molecule has 0 rings (SSSR count). The van der Waals surface area contributed by atoms with Crippen LogP contribution < -0.4 is 18.1 Å². The van der Waals surface area contributed by atoms with E-state index in [9.17, 15) is 0 Å². The molecule has 136 valence electrons. The molecule has 0 aromatic carbocycles. The minimum atomic E-state index is -0.455. The van der Waals surface area contributed by atoms with Crippen LogP contribution in [0.4, 0.5) is 0 Å². The highest BCUT2D eigenvalue weighted by Gasteiger charge is 2.44. The van der Waals surface area contributed by atoms with Crippen molar-refractivity contribution in [2.75, 3.05) is 6.61 Å². The van der Waals surface area contributed by atoms with Crippen LogP contribution in [0.1, 0.15) is 98.3 Å². The standard InChI is InChI=1S/C18H38ClNO.ClH/c1-5-7-8-9-10-11-12-13-14-15-16-18(20,21-6-2)17(3,4)19;/h5-16,20H2,1-4H3;1H. The van der Waals surface area contributed by atoms with Crippen LogP contribution in [0.2, 0.25) is 0 Å². The summed E-state index contributed by atoms with van der Waals surface area (Å²) >= 11 is 6.45. The highest BCUT2D eigenvalue weighted by Crippen LogP contribution is 2.30. The molecule has 22 heavy (non-hydrogen) atoms. The molecule has 1 unspecified atom stereocenters. The Morgan fingerprint density at radius 3 is 1.59 bits per heavy atom. The largest absolute Gasteiger partial charge is 1.00 e. The lowest BCUT2D eigenvalue weighted by Crippen LogP contribution is -3.00. The fourth-order valence-corrected chi connectivity index (χ4v) is 2.86. The molecule has 0 aliphatic heterocycles. The van der Waals surface area contributed by atoms with Crippen LogP contribution in [-0.4, -0.2) is 17.2 Å². The molecule has 0 fully saturated rings. The second-order valence-electron chi connectivity index (χ2n) is 6.83. The van der Waals surface area contributed by atoms with E-state index in [2.05, 4.69) is 12.7 Å². The Morgan fingerprint density at radius 2 is 1.23 bits per heavy atom. The molecule has 0 spiro atoms. The number of alkyl halides is 1. The number of rotatable bonds is 14. The van der Waals surface area contributed by atoms with Crippen LogP contribution in [-0.2, 0) is 4.74 Å². The minimum absolute atomic E-state index is 0. The lowest BCUT2D eigenvalue weighted by Gasteiger charge is -2.35. The van der Waals surface area contributed by atoms with Crippen molar-refractivity contribution in [3.8, 4) is 0 Å². The summed E-state index contributed by atoms with van der Waals surface area (Å²) in [6.45, 7) is 8.98. The molecule has 0 aliphatic rings. The molecule has 3 N–H and O–H groups in total. The summed E-state index contributed by atoms with van der Waals surface area (Å²) < 4.78 is 5.83. The van der Waals surface area contributed by atoms with Gasteiger partial charge in [-0.15, -0.1) is 11.6 Å². The summed E-state index contributed by atoms with van der Waals surface area (Å²) in [6.07, 6.45) is 14.5. The van der Waals surface area contributed by atoms with Crippen molar-refractivity contribution in [3.05, 3.63) is 0 Å². The first kappa shape index (κ1) is 24.7. The third-order valence-electron chi connectivity index (χ3n) is 4.44. The molecule has 0 saturated carbocycles. The maximum Gasteiger partial charge on any atom is 0.217 e. The molecule has 1 atom stereocenters. The van der Waals surface area contributed by atoms with E-state index in [4.69, 9.17) is 16.3 Å². The number of quaternary nitrogens is 1. The molecule has 0 aromatic heterocycles. The van der Waals surface area contributed by atoms with E-state index in [-0.39, 0.29) is 12.4 Å². The van der Waals surface area contributed by atoms with Gasteiger partial charge in [-0.25, -0.2) is 0 Å². The van der Waals surface area contributed by atoms with Gasteiger partial charge in [-0.2, -0.15) is 0 Å². The predicted octanol–water partition coefficient (Wildman–Crippen LogP) is 2.29. The van der Waals surface area contributed by atoms with Gasteiger partial charge in [0.15, 0.2) is 0 Å². The lowest BCUT2D eigenvalue weighted by atomic mass is 9.92. The molecule has 4 heteroatoms. The van der Waals surface area contributed by atoms with Gasteiger partial charge >= 0.3 is 0 Å². The smallest absolute Gasteiger partial charge is 0.217 e. The maximum absolute atomic E-state index is 6.45. The van der Waals surface area contributed by atoms with Crippen LogP contribution in [0.5, 0.6) is 0 Å². The molecule has 0 radical (unpaired) electrons. The van der Waals surface area contributed by atoms with E-state index in [1.54, 1.807) is 0 Å². The van der Waals surface area contributed by atoms with Gasteiger partial charge in [-0.1, -0.05) is 64.7 Å². The first-order chi connectivity index (χ1) is 9.87. The van der Waals surface area contributed by atoms with Gasteiger partial charge in [0.25, 0.3) is 0 Å². The molecule has 0 amide bonds. The predicted molar refractivity (Wildman–Crippen MR) is 93.6 cm³/mol. The molecule has 0 aromatic rings. The third-order valence-corrected chi connectivity index (χ3v) is 4.78. The van der Waals surface area contributed by atoms with Crippen molar-refractivity contribution in [1.82, 2.24) is 0 Å². The zero-order valence-corrected chi connectivity index (χ0v) is 16.9. The van der Waals surface area contributed by atoms with Crippen LogP contribution >= 0.6 is 11.6 Å². The van der Waals surface area contributed by atoms with Crippen molar-refractivity contribution < 1.29 is 22.9 Å². The third kappa shape index (κ3) is 11.1. The van der Waals surface area contributed by atoms with Gasteiger partial charge in [0.2, 0.25) is 5.72 Å². The summed E-state index contributed by atoms with van der Waals surface area (Å²) in [7, 11) is 0. The Morgan fingerprint density at radius 1 is 0.818 bits per heavy atom. The van der Waals surface area contributed by atoms with Crippen LogP contribution in [0.25, 0.3) is 0 Å². The van der Waals surface area contributed by atoms with E-state index in [1.165, 1.54) is 57.8 Å². The minimum Gasteiger partial charge on any atom is -1.00 e. The average Bonchev–Trinajstić information content (AvgIpc) is 2.40. The Kier molecular flexibility index (Phi) is 15.6. The summed E-state index contributed by atoms with van der Waals surface area (Å²) in [6, 6.07) is 0. The van der Waals surface area contributed by atoms with Crippen LogP contribution in [0, 0.1) is 0 Å². The Labute approximate surface area is 150 Å². The van der Waals surface area contributed by atoms with E-state index in [0.717, 1.165) is 12.8 Å². The van der Waals surface area contributed by atoms with Gasteiger partial charge in [0.05, 0.1) is 6.61 Å². The number of ether oxygens (including phenoxy) is 1. The summed E-state index contributed by atoms with van der Waals surface area (Å²) in [4.78, 5) is -0.414. The van der Waals surface area contributed by atoms with Crippen molar-refractivity contribution in [3.63, 3.8) is 0 Å². The fraction of sp³-hybridized carbons (Fsp3) is 1.00. The molecule has 0 heterocycles. The van der Waals surface area contributed by atoms with Crippen molar-refractivity contribution in [2.45, 2.75) is 109 Å². The maximum atomic E-state index is 6.45. The number of hydrogen-bond acceptors (Lipinski definition) is 1. The van der Waals surface area contributed by atoms with E-state index < -0.39 is 10.6 Å². The fourth-order valence-electron chi connectivity index (χ4n) is 2.72. The summed E-state index contributed by atoms with van der Waals surface area (Å²) in [5, 5.41) is 0. The van der Waals surface area contributed by atoms with Crippen LogP contribution in [0.15, 0.2) is 0 Å². The Balaban J connectivity index is 0. The molecular formula is C18H39Cl2NO. The van der Waals surface area contributed by atoms with Gasteiger partial charge in [0.1, 0.15) is 4.87 Å². The average molecular weight is 356 g/mol. The normalized spacial score (nSPS) is 14.5. The number of halogens is 2. The van der Waals surface area contributed by atoms with Gasteiger partial charge in [-0.05, 0) is 27.2 Å². The monoisotopic (exact) mass is 355 g/mol.